The van der Waals surface area contributed by atoms with Crippen molar-refractivity contribution in [3.05, 3.63) is 46.2 Å². The maximum absolute atomic E-state index is 13.3. The second-order valence-electron chi connectivity index (χ2n) is 7.66. The Bertz CT molecular complexity index is 900. The van der Waals surface area contributed by atoms with Crippen molar-refractivity contribution in [1.82, 2.24) is 9.80 Å². The second-order valence-corrected chi connectivity index (χ2v) is 8.66. The van der Waals surface area contributed by atoms with Crippen LogP contribution in [0.4, 0.5) is 0 Å². The third-order valence-electron chi connectivity index (χ3n) is 5.62. The van der Waals surface area contributed by atoms with Gasteiger partial charge < -0.3 is 24.0 Å². The van der Waals surface area contributed by atoms with Gasteiger partial charge in [0.1, 0.15) is 18.1 Å². The lowest BCUT2D eigenvalue weighted by Gasteiger charge is -2.37. The first-order valence-corrected chi connectivity index (χ1v) is 11.8. The first kappa shape index (κ1) is 24.1. The van der Waals surface area contributed by atoms with Crippen LogP contribution < -0.4 is 9.47 Å². The number of fused-ring (bicyclic) bond motifs is 1. The Hall–Kier alpha value is -2.58. The molecule has 0 aliphatic carbocycles. The maximum Gasteiger partial charge on any atom is 0.242 e. The lowest BCUT2D eigenvalue weighted by atomic mass is 10.0. The summed E-state index contributed by atoms with van der Waals surface area (Å²) < 4.78 is 16.5. The van der Waals surface area contributed by atoms with Crippen molar-refractivity contribution in [1.29, 1.82) is 0 Å². The minimum Gasteiger partial charge on any atom is -0.497 e. The minimum atomic E-state index is -0.193. The van der Waals surface area contributed by atoms with E-state index in [0.717, 1.165) is 17.7 Å². The molecular formula is C24H32N2O5S. The zero-order valence-electron chi connectivity index (χ0n) is 19.0. The molecule has 3 rings (SSSR count). The Morgan fingerprint density at radius 1 is 1.22 bits per heavy atom. The number of thiophene rings is 1. The fourth-order valence-corrected chi connectivity index (χ4v) is 4.84. The molecule has 1 aromatic heterocycles. The van der Waals surface area contributed by atoms with Crippen LogP contribution in [0.1, 0.15) is 36.2 Å². The maximum atomic E-state index is 13.3. The molecule has 0 N–H and O–H groups in total. The topological polar surface area (TPSA) is 68.3 Å². The average molecular weight is 461 g/mol. The van der Waals surface area contributed by atoms with E-state index in [1.54, 1.807) is 30.5 Å². The van der Waals surface area contributed by atoms with Crippen LogP contribution in [-0.4, -0.2) is 68.7 Å². The van der Waals surface area contributed by atoms with Crippen molar-refractivity contribution < 1.29 is 23.8 Å². The van der Waals surface area contributed by atoms with Gasteiger partial charge in [0.25, 0.3) is 0 Å². The zero-order valence-corrected chi connectivity index (χ0v) is 19.9. The van der Waals surface area contributed by atoms with Gasteiger partial charge in [-0.05, 0) is 42.0 Å². The Morgan fingerprint density at radius 3 is 2.78 bits per heavy atom. The molecule has 2 heterocycles. The van der Waals surface area contributed by atoms with Crippen molar-refractivity contribution in [3.8, 4) is 11.5 Å². The second kappa shape index (κ2) is 11.9. The van der Waals surface area contributed by atoms with Crippen LogP contribution in [0, 0.1) is 0 Å². The fourth-order valence-electron chi connectivity index (χ4n) is 3.91. The molecule has 2 amide bonds. The molecule has 8 heteroatoms. The van der Waals surface area contributed by atoms with Gasteiger partial charge >= 0.3 is 0 Å². The number of hydrogen-bond acceptors (Lipinski definition) is 6. The van der Waals surface area contributed by atoms with Crippen LogP contribution in [0.25, 0.3) is 0 Å². The van der Waals surface area contributed by atoms with Gasteiger partial charge in [-0.25, -0.2) is 0 Å². The highest BCUT2D eigenvalue weighted by molar-refractivity contribution is 7.10. The molecular weight excluding hydrogens is 428 g/mol. The lowest BCUT2D eigenvalue weighted by molar-refractivity contribution is -0.142. The summed E-state index contributed by atoms with van der Waals surface area (Å²) in [6, 6.07) is 9.34. The molecule has 0 bridgehead atoms. The van der Waals surface area contributed by atoms with E-state index in [4.69, 9.17) is 14.2 Å². The van der Waals surface area contributed by atoms with Crippen LogP contribution in [0.15, 0.2) is 35.7 Å². The summed E-state index contributed by atoms with van der Waals surface area (Å²) in [6.45, 7) is 3.92. The molecule has 1 aromatic carbocycles. The lowest BCUT2D eigenvalue weighted by Crippen LogP contribution is -2.48. The highest BCUT2D eigenvalue weighted by Crippen LogP contribution is 2.34. The molecule has 1 atom stereocenters. The van der Waals surface area contributed by atoms with E-state index in [9.17, 15) is 9.59 Å². The summed E-state index contributed by atoms with van der Waals surface area (Å²) in [4.78, 5) is 30.6. The molecule has 0 saturated carbocycles. The number of hydrogen-bond donors (Lipinski definition) is 0. The summed E-state index contributed by atoms with van der Waals surface area (Å²) >= 11 is 1.71. The summed E-state index contributed by atoms with van der Waals surface area (Å²) in [5.41, 5.74) is 1.13. The fraction of sp³-hybridized carbons (Fsp3) is 0.500. The zero-order chi connectivity index (χ0) is 22.9. The van der Waals surface area contributed by atoms with Crippen LogP contribution in [0.2, 0.25) is 0 Å². The minimum absolute atomic E-state index is 0.0214. The average Bonchev–Trinajstić information content (AvgIpc) is 3.30. The van der Waals surface area contributed by atoms with E-state index in [2.05, 4.69) is 11.4 Å². The van der Waals surface area contributed by atoms with E-state index in [1.807, 2.05) is 36.1 Å². The van der Waals surface area contributed by atoms with E-state index < -0.39 is 0 Å². The van der Waals surface area contributed by atoms with Gasteiger partial charge in [-0.2, -0.15) is 0 Å². The van der Waals surface area contributed by atoms with Crippen molar-refractivity contribution >= 4 is 23.2 Å². The SMILES string of the molecule is CCC(=O)N(CCCOC)CC(=O)N1CCc2sccc2C1COc1cccc(OC)c1. The third-order valence-corrected chi connectivity index (χ3v) is 6.62. The Morgan fingerprint density at radius 2 is 2.03 bits per heavy atom. The van der Waals surface area contributed by atoms with Gasteiger partial charge in [0.15, 0.2) is 0 Å². The molecule has 1 aliphatic heterocycles. The quantitative estimate of drug-likeness (QED) is 0.480. The van der Waals surface area contributed by atoms with Crippen molar-refractivity contribution in [2.24, 2.45) is 0 Å². The predicted octanol–water partition coefficient (Wildman–Crippen LogP) is 3.54. The number of amides is 2. The van der Waals surface area contributed by atoms with E-state index in [1.165, 1.54) is 4.88 Å². The standard InChI is InChI=1S/C24H32N2O5S/c1-4-23(27)25(11-6-13-29-2)16-24(28)26-12-9-22-20(10-14-32-22)21(26)17-31-19-8-5-7-18(15-19)30-3/h5,7-8,10,14-15,21H,4,6,9,11-13,16-17H2,1-3H3. The first-order valence-electron chi connectivity index (χ1n) is 11.0. The molecule has 2 aromatic rings. The Labute approximate surface area is 193 Å². The normalized spacial score (nSPS) is 15.2. The highest BCUT2D eigenvalue weighted by Gasteiger charge is 2.33. The van der Waals surface area contributed by atoms with Crippen molar-refractivity contribution in [2.45, 2.75) is 32.2 Å². The van der Waals surface area contributed by atoms with Crippen molar-refractivity contribution in [2.75, 3.05) is 47.1 Å². The van der Waals surface area contributed by atoms with Gasteiger partial charge in [-0.3, -0.25) is 9.59 Å². The van der Waals surface area contributed by atoms with Crippen LogP contribution >= 0.6 is 11.3 Å². The number of rotatable bonds is 11. The Kier molecular flexibility index (Phi) is 8.93. The number of ether oxygens (including phenoxy) is 3. The molecule has 0 saturated heterocycles. The number of carbonyl (C=O) groups is 2. The van der Waals surface area contributed by atoms with Crippen LogP contribution in [-0.2, 0) is 20.7 Å². The largest absolute Gasteiger partial charge is 0.497 e. The Balaban J connectivity index is 1.73. The van der Waals surface area contributed by atoms with Gasteiger partial charge in [0.2, 0.25) is 11.8 Å². The van der Waals surface area contributed by atoms with Gasteiger partial charge in [-0.1, -0.05) is 13.0 Å². The number of nitrogens with zero attached hydrogens (tertiary/aromatic N) is 2. The third kappa shape index (κ3) is 6.01. The van der Waals surface area contributed by atoms with Crippen LogP contribution in [0.5, 0.6) is 11.5 Å². The number of benzene rings is 1. The first-order chi connectivity index (χ1) is 15.6. The molecule has 0 radical (unpaired) electrons. The van der Waals surface area contributed by atoms with Crippen LogP contribution in [0.3, 0.4) is 0 Å². The molecule has 1 aliphatic rings. The predicted molar refractivity (Wildman–Crippen MR) is 124 cm³/mol. The molecule has 0 fully saturated rings. The summed E-state index contributed by atoms with van der Waals surface area (Å²) in [6.07, 6.45) is 1.89. The smallest absolute Gasteiger partial charge is 0.242 e. The number of carbonyl (C=O) groups excluding carboxylic acids is 2. The van der Waals surface area contributed by atoms with E-state index in [-0.39, 0.29) is 24.4 Å². The van der Waals surface area contributed by atoms with Crippen molar-refractivity contribution in [3.63, 3.8) is 0 Å². The van der Waals surface area contributed by atoms with Gasteiger partial charge in [0, 0.05) is 44.2 Å². The summed E-state index contributed by atoms with van der Waals surface area (Å²) in [5.74, 6) is 1.34. The molecule has 174 valence electrons. The summed E-state index contributed by atoms with van der Waals surface area (Å²) in [5, 5.41) is 2.06. The van der Waals surface area contributed by atoms with E-state index in [0.29, 0.717) is 44.9 Å². The molecule has 32 heavy (non-hydrogen) atoms. The van der Waals surface area contributed by atoms with E-state index >= 15 is 0 Å². The summed E-state index contributed by atoms with van der Waals surface area (Å²) in [7, 11) is 3.25. The molecule has 7 nitrogen and oxygen atoms in total. The van der Waals surface area contributed by atoms with Gasteiger partial charge in [0.05, 0.1) is 19.7 Å². The highest BCUT2D eigenvalue weighted by atomic mass is 32.1. The molecule has 1 unspecified atom stereocenters. The number of methoxy groups -OCH3 is 2. The monoisotopic (exact) mass is 460 g/mol. The van der Waals surface area contributed by atoms with Gasteiger partial charge in [-0.15, -0.1) is 11.3 Å². The molecule has 0 spiro atoms.